The molecule has 4 rings (SSSR count). The summed E-state index contributed by atoms with van der Waals surface area (Å²) in [7, 11) is -5.45. The molecule has 1 fully saturated rings. The smallest absolute Gasteiger partial charge is 0.334 e. The van der Waals surface area contributed by atoms with Crippen LogP contribution in [0.2, 0.25) is 0 Å². The molecule has 0 radical (unpaired) electrons. The highest BCUT2D eigenvalue weighted by Crippen LogP contribution is 2.43. The summed E-state index contributed by atoms with van der Waals surface area (Å²) in [6.07, 6.45) is 2.95. The van der Waals surface area contributed by atoms with Gasteiger partial charge in [0.25, 0.3) is 5.91 Å². The zero-order valence-corrected chi connectivity index (χ0v) is 16.2. The topological polar surface area (TPSA) is 66.5 Å². The number of fused-ring (bicyclic) bond motifs is 1. The van der Waals surface area contributed by atoms with Gasteiger partial charge in [-0.1, -0.05) is 30.3 Å². The molecule has 29 heavy (non-hydrogen) atoms. The largest absolute Gasteiger partial charge is 0.516 e. The summed E-state index contributed by atoms with van der Waals surface area (Å²) in [5.41, 5.74) is -1.89. The van der Waals surface area contributed by atoms with Crippen molar-refractivity contribution in [1.82, 2.24) is 4.90 Å². The number of carbonyl (C=O) groups excluding carboxylic acids is 1. The van der Waals surface area contributed by atoms with E-state index in [1.165, 1.54) is 29.0 Å². The van der Waals surface area contributed by atoms with Gasteiger partial charge in [-0.25, -0.2) is 0 Å². The molecular weight excluding hydrogens is 405 g/mol. The second kappa shape index (κ2) is 7.05. The van der Waals surface area contributed by atoms with Crippen molar-refractivity contribution in [1.29, 1.82) is 0 Å². The van der Waals surface area contributed by atoms with Gasteiger partial charge in [-0.15, -0.1) is 0 Å². The number of halogens is 3. The van der Waals surface area contributed by atoms with E-state index in [4.69, 9.17) is 0 Å². The first-order chi connectivity index (χ1) is 13.7. The summed E-state index contributed by atoms with van der Waals surface area (Å²) in [4.78, 5) is 14.8. The lowest BCUT2D eigenvalue weighted by atomic mass is 9.92. The van der Waals surface area contributed by atoms with E-state index in [-0.39, 0.29) is 11.6 Å². The maximum absolute atomic E-state index is 13.0. The average Bonchev–Trinajstić information content (AvgIpc) is 3.49. The second-order valence-electron chi connectivity index (χ2n) is 7.38. The van der Waals surface area contributed by atoms with Crippen molar-refractivity contribution < 1.29 is 26.4 Å². The Morgan fingerprint density at radius 2 is 1.76 bits per heavy atom. The normalized spacial score (nSPS) is 17.2. The second-order valence-corrected chi connectivity index (χ2v) is 9.05. The molecule has 2 aliphatic rings. The summed E-state index contributed by atoms with van der Waals surface area (Å²) in [5, 5.41) is 0. The van der Waals surface area contributed by atoms with Crippen molar-refractivity contribution in [2.45, 2.75) is 37.2 Å². The van der Waals surface area contributed by atoms with Gasteiger partial charge >= 0.3 is 15.5 Å². The van der Waals surface area contributed by atoms with Crippen LogP contribution in [0.4, 0.5) is 18.9 Å². The fraction of sp³-hybridized carbons (Fsp3) is 0.350. The van der Waals surface area contributed by atoms with Crippen LogP contribution in [-0.4, -0.2) is 31.3 Å². The van der Waals surface area contributed by atoms with Gasteiger partial charge in [0.05, 0.1) is 0 Å². The lowest BCUT2D eigenvalue weighted by molar-refractivity contribution is -0.0429. The number of nitrogens with one attached hydrogen (secondary N) is 1. The third kappa shape index (κ3) is 3.96. The number of alkyl halides is 3. The minimum Gasteiger partial charge on any atom is -0.334 e. The van der Waals surface area contributed by atoms with E-state index in [0.29, 0.717) is 24.6 Å². The SMILES string of the molecule is O=C1c2c(cccc2C2CC2)CCN1Cc1ccc(NS(=O)(=O)C(F)(F)F)cc1. The molecule has 0 unspecified atom stereocenters. The highest BCUT2D eigenvalue weighted by Gasteiger charge is 2.46. The van der Waals surface area contributed by atoms with Crippen LogP contribution in [0.3, 0.4) is 0 Å². The molecular formula is C20H19F3N2O3S. The minimum absolute atomic E-state index is 0.0319. The predicted octanol–water partition coefficient (Wildman–Crippen LogP) is 4.02. The fourth-order valence-corrected chi connectivity index (χ4v) is 4.16. The summed E-state index contributed by atoms with van der Waals surface area (Å²) < 4.78 is 61.3. The van der Waals surface area contributed by atoms with Crippen molar-refractivity contribution >= 4 is 21.6 Å². The monoisotopic (exact) mass is 424 g/mol. The maximum Gasteiger partial charge on any atom is 0.516 e. The molecule has 1 aliphatic carbocycles. The van der Waals surface area contributed by atoms with Gasteiger partial charge in [-0.2, -0.15) is 21.6 Å². The van der Waals surface area contributed by atoms with Gasteiger partial charge < -0.3 is 4.90 Å². The standard InChI is InChI=1S/C20H19F3N2O3S/c21-20(22,23)29(27,28)24-16-8-4-13(5-9-16)12-25-11-10-15-2-1-3-17(14-6-7-14)18(15)19(25)26/h1-5,8-9,14,24H,6-7,10-12H2. The number of benzene rings is 2. The van der Waals surface area contributed by atoms with E-state index in [9.17, 15) is 26.4 Å². The number of rotatable bonds is 5. The Hall–Kier alpha value is -2.55. The molecule has 1 heterocycles. The van der Waals surface area contributed by atoms with Crippen molar-refractivity contribution in [2.75, 3.05) is 11.3 Å². The molecule has 0 saturated heterocycles. The molecule has 0 atom stereocenters. The van der Waals surface area contributed by atoms with Gasteiger partial charge in [0.15, 0.2) is 0 Å². The van der Waals surface area contributed by atoms with E-state index in [0.717, 1.165) is 36.0 Å². The first-order valence-corrected chi connectivity index (χ1v) is 10.7. The van der Waals surface area contributed by atoms with Gasteiger partial charge in [0.2, 0.25) is 0 Å². The zero-order valence-electron chi connectivity index (χ0n) is 15.4. The van der Waals surface area contributed by atoms with Crippen LogP contribution in [0.15, 0.2) is 42.5 Å². The van der Waals surface area contributed by atoms with Crippen molar-refractivity contribution in [3.05, 3.63) is 64.7 Å². The quantitative estimate of drug-likeness (QED) is 0.788. The molecule has 0 bridgehead atoms. The number of hydrogen-bond acceptors (Lipinski definition) is 3. The average molecular weight is 424 g/mol. The molecule has 2 aromatic rings. The van der Waals surface area contributed by atoms with Crippen LogP contribution >= 0.6 is 0 Å². The van der Waals surface area contributed by atoms with Crippen molar-refractivity contribution in [2.24, 2.45) is 0 Å². The molecule has 1 N–H and O–H groups in total. The molecule has 154 valence electrons. The molecule has 1 amide bonds. The van der Waals surface area contributed by atoms with Crippen LogP contribution in [0.5, 0.6) is 0 Å². The van der Waals surface area contributed by atoms with E-state index >= 15 is 0 Å². The molecule has 5 nitrogen and oxygen atoms in total. The lowest BCUT2D eigenvalue weighted by Gasteiger charge is -2.30. The van der Waals surface area contributed by atoms with Crippen LogP contribution in [-0.2, 0) is 23.0 Å². The zero-order chi connectivity index (χ0) is 20.8. The Morgan fingerprint density at radius 1 is 1.07 bits per heavy atom. The summed E-state index contributed by atoms with van der Waals surface area (Å²) in [5.74, 6) is 0.422. The summed E-state index contributed by atoms with van der Waals surface area (Å²) >= 11 is 0. The number of anilines is 1. The minimum atomic E-state index is -5.45. The van der Waals surface area contributed by atoms with Gasteiger partial charge in [-0.05, 0) is 54.0 Å². The number of carbonyl (C=O) groups is 1. The molecule has 1 saturated carbocycles. The molecule has 1 aliphatic heterocycles. The third-order valence-corrected chi connectivity index (χ3v) is 6.35. The number of sulfonamides is 1. The van der Waals surface area contributed by atoms with Crippen LogP contribution in [0.1, 0.15) is 45.8 Å². The molecule has 0 aromatic heterocycles. The molecule has 0 spiro atoms. The molecule has 2 aromatic carbocycles. The van der Waals surface area contributed by atoms with E-state index in [1.54, 1.807) is 4.90 Å². The first kappa shape index (κ1) is 19.8. The summed E-state index contributed by atoms with van der Waals surface area (Å²) in [6.45, 7) is 0.867. The van der Waals surface area contributed by atoms with Crippen molar-refractivity contribution in [3.8, 4) is 0 Å². The van der Waals surface area contributed by atoms with Crippen LogP contribution < -0.4 is 4.72 Å². The predicted molar refractivity (Wildman–Crippen MR) is 102 cm³/mol. The number of nitrogens with zero attached hydrogens (tertiary/aromatic N) is 1. The Morgan fingerprint density at radius 3 is 2.38 bits per heavy atom. The highest BCUT2D eigenvalue weighted by molar-refractivity contribution is 7.93. The van der Waals surface area contributed by atoms with E-state index in [2.05, 4.69) is 0 Å². The van der Waals surface area contributed by atoms with Crippen LogP contribution in [0, 0.1) is 0 Å². The van der Waals surface area contributed by atoms with Gasteiger partial charge in [0, 0.05) is 24.3 Å². The first-order valence-electron chi connectivity index (χ1n) is 9.25. The lowest BCUT2D eigenvalue weighted by Crippen LogP contribution is -2.37. The fourth-order valence-electron chi connectivity index (χ4n) is 3.60. The highest BCUT2D eigenvalue weighted by atomic mass is 32.2. The maximum atomic E-state index is 13.0. The Labute approximate surface area is 166 Å². The van der Waals surface area contributed by atoms with Gasteiger partial charge in [-0.3, -0.25) is 9.52 Å². The number of hydrogen-bond donors (Lipinski definition) is 1. The number of amides is 1. The van der Waals surface area contributed by atoms with E-state index < -0.39 is 15.5 Å². The van der Waals surface area contributed by atoms with E-state index in [1.807, 2.05) is 18.2 Å². The summed E-state index contributed by atoms with van der Waals surface area (Å²) in [6, 6.07) is 11.6. The molecule has 9 heteroatoms. The Kier molecular flexibility index (Phi) is 4.80. The Balaban J connectivity index is 1.49. The third-order valence-electron chi connectivity index (χ3n) is 5.24. The van der Waals surface area contributed by atoms with Crippen LogP contribution in [0.25, 0.3) is 0 Å². The van der Waals surface area contributed by atoms with Crippen molar-refractivity contribution in [3.63, 3.8) is 0 Å². The van der Waals surface area contributed by atoms with Gasteiger partial charge in [0.1, 0.15) is 0 Å². The Bertz CT molecular complexity index is 1050.